The zero-order valence-electron chi connectivity index (χ0n) is 16.1. The molecule has 5 aromatic rings. The van der Waals surface area contributed by atoms with E-state index in [2.05, 4.69) is 25.6 Å². The molecule has 1 aromatic carbocycles. The zero-order valence-corrected chi connectivity index (χ0v) is 17.8. The van der Waals surface area contributed by atoms with E-state index in [0.717, 1.165) is 21.4 Å². The van der Waals surface area contributed by atoms with E-state index in [0.29, 0.717) is 34.6 Å². The molecule has 0 spiro atoms. The lowest BCUT2D eigenvalue weighted by Gasteiger charge is -2.00. The van der Waals surface area contributed by atoms with Gasteiger partial charge < -0.3 is 13.5 Å². The van der Waals surface area contributed by atoms with E-state index in [9.17, 15) is 0 Å². The van der Waals surface area contributed by atoms with E-state index >= 15 is 0 Å². The smallest absolute Gasteiger partial charge is 0.253 e. The average molecular weight is 437 g/mol. The van der Waals surface area contributed by atoms with Crippen molar-refractivity contribution in [2.24, 2.45) is 7.05 Å². The first kappa shape index (κ1) is 18.8. The number of aromatic nitrogens is 6. The third-order valence-corrected chi connectivity index (χ3v) is 6.36. The third kappa shape index (κ3) is 3.44. The van der Waals surface area contributed by atoms with E-state index in [1.54, 1.807) is 11.3 Å². The summed E-state index contributed by atoms with van der Waals surface area (Å²) in [7, 11) is 1.95. The van der Waals surface area contributed by atoms with Gasteiger partial charge >= 0.3 is 0 Å². The van der Waals surface area contributed by atoms with Gasteiger partial charge in [-0.25, -0.2) is 0 Å². The lowest BCUT2D eigenvalue weighted by molar-refractivity contribution is 0.399. The van der Waals surface area contributed by atoms with E-state index < -0.39 is 0 Å². The van der Waals surface area contributed by atoms with Crippen molar-refractivity contribution in [2.45, 2.75) is 17.8 Å². The Morgan fingerprint density at radius 3 is 2.70 bits per heavy atom. The van der Waals surface area contributed by atoms with Crippen molar-refractivity contribution < 1.29 is 8.94 Å². The summed E-state index contributed by atoms with van der Waals surface area (Å²) in [5, 5.41) is 23.9. The molecule has 150 valence electrons. The second-order valence-corrected chi connectivity index (χ2v) is 8.35. The molecule has 0 unspecified atom stereocenters. The maximum atomic E-state index is 5.91. The number of nitrogens with zero attached hydrogens (tertiary/aromatic N) is 6. The highest BCUT2D eigenvalue weighted by Gasteiger charge is 2.22. The minimum Gasteiger partial charge on any atom is -0.420 e. The van der Waals surface area contributed by atoms with Gasteiger partial charge in [-0.2, -0.15) is 0 Å². The molecule has 0 atom stereocenters. The van der Waals surface area contributed by atoms with Crippen LogP contribution < -0.4 is 0 Å². The Kier molecular flexibility index (Phi) is 4.93. The van der Waals surface area contributed by atoms with Crippen LogP contribution in [-0.4, -0.2) is 30.1 Å². The number of aryl methyl sites for hydroxylation is 1. The van der Waals surface area contributed by atoms with Crippen molar-refractivity contribution in [1.82, 2.24) is 30.1 Å². The van der Waals surface area contributed by atoms with Crippen LogP contribution in [0.1, 0.15) is 11.7 Å². The highest BCUT2D eigenvalue weighted by Crippen LogP contribution is 2.34. The van der Waals surface area contributed by atoms with Gasteiger partial charge in [0, 0.05) is 12.6 Å². The SMILES string of the molecule is Cc1onc(-c2ccccc2)c1-c1nnc(CSc2nnc(-c3cccs3)n2C)o1. The van der Waals surface area contributed by atoms with Gasteiger partial charge in [-0.3, -0.25) is 0 Å². The van der Waals surface area contributed by atoms with Gasteiger partial charge in [-0.15, -0.1) is 31.7 Å². The Morgan fingerprint density at radius 2 is 1.90 bits per heavy atom. The first-order chi connectivity index (χ1) is 14.7. The molecule has 0 saturated carbocycles. The first-order valence-corrected chi connectivity index (χ1v) is 11.0. The van der Waals surface area contributed by atoms with Gasteiger partial charge in [-0.05, 0) is 18.4 Å². The molecule has 8 nitrogen and oxygen atoms in total. The molecule has 0 radical (unpaired) electrons. The number of rotatable bonds is 6. The maximum absolute atomic E-state index is 5.91. The van der Waals surface area contributed by atoms with E-state index in [1.807, 2.05) is 66.4 Å². The summed E-state index contributed by atoms with van der Waals surface area (Å²) in [6.45, 7) is 1.83. The fourth-order valence-electron chi connectivity index (χ4n) is 3.02. The monoisotopic (exact) mass is 436 g/mol. The fraction of sp³-hybridized carbons (Fsp3) is 0.150. The summed E-state index contributed by atoms with van der Waals surface area (Å²) in [6.07, 6.45) is 0. The lowest BCUT2D eigenvalue weighted by atomic mass is 10.1. The van der Waals surface area contributed by atoms with Crippen molar-refractivity contribution in [3.8, 4) is 33.4 Å². The molecular weight excluding hydrogens is 420 g/mol. The second kappa shape index (κ2) is 7.88. The van der Waals surface area contributed by atoms with Crippen molar-refractivity contribution in [2.75, 3.05) is 0 Å². The largest absolute Gasteiger partial charge is 0.420 e. The van der Waals surface area contributed by atoms with Crippen LogP contribution in [0.15, 0.2) is 61.9 Å². The van der Waals surface area contributed by atoms with Crippen LogP contribution in [0.25, 0.3) is 33.4 Å². The van der Waals surface area contributed by atoms with Crippen LogP contribution in [0.4, 0.5) is 0 Å². The fourth-order valence-corrected chi connectivity index (χ4v) is 4.51. The molecule has 0 N–H and O–H groups in total. The summed E-state index contributed by atoms with van der Waals surface area (Å²) in [5.74, 6) is 2.83. The Balaban J connectivity index is 1.36. The van der Waals surface area contributed by atoms with Gasteiger partial charge in [0.25, 0.3) is 5.89 Å². The summed E-state index contributed by atoms with van der Waals surface area (Å²) in [6, 6.07) is 13.8. The third-order valence-electron chi connectivity index (χ3n) is 4.49. The zero-order chi connectivity index (χ0) is 20.5. The minimum absolute atomic E-state index is 0.389. The summed E-state index contributed by atoms with van der Waals surface area (Å²) in [4.78, 5) is 1.08. The summed E-state index contributed by atoms with van der Waals surface area (Å²) in [5.41, 5.74) is 2.33. The van der Waals surface area contributed by atoms with E-state index in [4.69, 9.17) is 8.94 Å². The van der Waals surface area contributed by atoms with Crippen LogP contribution in [0.3, 0.4) is 0 Å². The van der Waals surface area contributed by atoms with Crippen LogP contribution >= 0.6 is 23.1 Å². The van der Waals surface area contributed by atoms with Crippen molar-refractivity contribution in [3.05, 3.63) is 59.5 Å². The average Bonchev–Trinajstić information content (AvgIpc) is 3.55. The molecule has 0 aliphatic rings. The standard InChI is InChI=1S/C20H16N6O2S2/c1-12-16(17(25-28-12)13-7-4-3-5-8-13)19-23-21-15(27-19)11-30-20-24-22-18(26(20)2)14-9-6-10-29-14/h3-10H,11H2,1-2H3. The van der Waals surface area contributed by atoms with Crippen molar-refractivity contribution in [1.29, 1.82) is 0 Å². The predicted octanol–water partition coefficient (Wildman–Crippen LogP) is 4.85. The normalized spacial score (nSPS) is 11.3. The molecule has 10 heteroatoms. The number of hydrogen-bond acceptors (Lipinski definition) is 9. The Morgan fingerprint density at radius 1 is 1.03 bits per heavy atom. The minimum atomic E-state index is 0.389. The van der Waals surface area contributed by atoms with Crippen LogP contribution in [0.2, 0.25) is 0 Å². The molecule has 4 heterocycles. The van der Waals surface area contributed by atoms with Gasteiger partial charge in [-0.1, -0.05) is 53.3 Å². The van der Waals surface area contributed by atoms with Crippen molar-refractivity contribution >= 4 is 23.1 Å². The van der Waals surface area contributed by atoms with Gasteiger partial charge in [0.2, 0.25) is 5.89 Å². The maximum Gasteiger partial charge on any atom is 0.253 e. The second-order valence-electron chi connectivity index (χ2n) is 6.46. The molecule has 4 aromatic heterocycles. The Hall–Kier alpha value is -3.24. The molecular formula is C20H16N6O2S2. The molecule has 0 bridgehead atoms. The predicted molar refractivity (Wildman–Crippen MR) is 114 cm³/mol. The number of thiophene rings is 1. The molecule has 0 fully saturated rings. The Labute approximate surface area is 180 Å². The van der Waals surface area contributed by atoms with E-state index in [1.165, 1.54) is 11.8 Å². The van der Waals surface area contributed by atoms with Gasteiger partial charge in [0.15, 0.2) is 11.0 Å². The quantitative estimate of drug-likeness (QED) is 0.349. The molecule has 0 aliphatic heterocycles. The lowest BCUT2D eigenvalue weighted by Crippen LogP contribution is -1.94. The van der Waals surface area contributed by atoms with Gasteiger partial charge in [0.05, 0.1) is 10.6 Å². The number of hydrogen-bond donors (Lipinski definition) is 0. The Bertz CT molecular complexity index is 1270. The molecule has 0 amide bonds. The van der Waals surface area contributed by atoms with E-state index in [-0.39, 0.29) is 0 Å². The topological polar surface area (TPSA) is 95.7 Å². The number of thioether (sulfide) groups is 1. The first-order valence-electron chi connectivity index (χ1n) is 9.11. The summed E-state index contributed by atoms with van der Waals surface area (Å²) >= 11 is 3.12. The van der Waals surface area contributed by atoms with Crippen LogP contribution in [-0.2, 0) is 12.8 Å². The summed E-state index contributed by atoms with van der Waals surface area (Å²) < 4.78 is 13.3. The molecule has 0 aliphatic carbocycles. The highest BCUT2D eigenvalue weighted by molar-refractivity contribution is 7.98. The van der Waals surface area contributed by atoms with Crippen LogP contribution in [0.5, 0.6) is 0 Å². The van der Waals surface area contributed by atoms with Crippen LogP contribution in [0, 0.1) is 6.92 Å². The highest BCUT2D eigenvalue weighted by atomic mass is 32.2. The van der Waals surface area contributed by atoms with Gasteiger partial charge in [0.1, 0.15) is 17.0 Å². The molecule has 30 heavy (non-hydrogen) atoms. The van der Waals surface area contributed by atoms with Crippen molar-refractivity contribution in [3.63, 3.8) is 0 Å². The number of benzene rings is 1. The molecule has 5 rings (SSSR count). The molecule has 0 saturated heterocycles.